The van der Waals surface area contributed by atoms with Gasteiger partial charge >= 0.3 is 6.16 Å². The zero-order valence-corrected chi connectivity index (χ0v) is 19.1. The summed E-state index contributed by atoms with van der Waals surface area (Å²) in [5, 5.41) is 29.3. The first-order chi connectivity index (χ1) is 15.6. The average molecular weight is 466 g/mol. The minimum absolute atomic E-state index is 0.0579. The lowest BCUT2D eigenvalue weighted by Gasteiger charge is -2.28. The second-order valence-corrected chi connectivity index (χ2v) is 6.92. The first-order valence-corrected chi connectivity index (χ1v) is 9.96. The van der Waals surface area contributed by atoms with E-state index in [1.165, 1.54) is 33.0 Å². The van der Waals surface area contributed by atoms with Crippen LogP contribution in [0.25, 0.3) is 0 Å². The SMILES string of the molecule is CCC(CC)(OC)n1nc(C(=O)c2cc(OC)c(OC)cc2[N+](=O)[O-])c(C(C)OC(=O)O)n1. The van der Waals surface area contributed by atoms with Crippen molar-refractivity contribution in [3.05, 3.63) is 39.2 Å². The first kappa shape index (κ1) is 25.5. The molecule has 0 aliphatic heterocycles. The monoisotopic (exact) mass is 466 g/mol. The molecular weight excluding hydrogens is 440 g/mol. The number of benzene rings is 1. The Kier molecular flexibility index (Phi) is 7.93. The summed E-state index contributed by atoms with van der Waals surface area (Å²) in [5.41, 5.74) is -2.35. The highest BCUT2D eigenvalue weighted by molar-refractivity contribution is 6.11. The number of ether oxygens (including phenoxy) is 4. The second kappa shape index (κ2) is 10.3. The van der Waals surface area contributed by atoms with Gasteiger partial charge in [-0.25, -0.2) is 4.79 Å². The van der Waals surface area contributed by atoms with Crippen molar-refractivity contribution < 1.29 is 38.6 Å². The molecule has 0 spiro atoms. The van der Waals surface area contributed by atoms with Gasteiger partial charge in [-0.05, 0) is 19.8 Å². The molecule has 0 radical (unpaired) electrons. The van der Waals surface area contributed by atoms with Gasteiger partial charge in [0, 0.05) is 13.2 Å². The Labute approximate surface area is 189 Å². The van der Waals surface area contributed by atoms with Gasteiger partial charge in [0.2, 0.25) is 5.78 Å². The van der Waals surface area contributed by atoms with Crippen molar-refractivity contribution >= 4 is 17.6 Å². The van der Waals surface area contributed by atoms with Gasteiger partial charge in [0.15, 0.2) is 22.9 Å². The van der Waals surface area contributed by atoms with Crippen LogP contribution in [-0.4, -0.2) is 58.3 Å². The maximum Gasteiger partial charge on any atom is 0.506 e. The van der Waals surface area contributed by atoms with E-state index in [2.05, 4.69) is 10.2 Å². The number of ketones is 1. The van der Waals surface area contributed by atoms with Gasteiger partial charge in [0.1, 0.15) is 17.4 Å². The average Bonchev–Trinajstić information content (AvgIpc) is 3.24. The van der Waals surface area contributed by atoms with Crippen molar-refractivity contribution in [3.63, 3.8) is 0 Å². The van der Waals surface area contributed by atoms with E-state index < -0.39 is 34.4 Å². The number of carbonyl (C=O) groups excluding carboxylic acids is 1. The second-order valence-electron chi connectivity index (χ2n) is 6.92. The van der Waals surface area contributed by atoms with E-state index >= 15 is 0 Å². The van der Waals surface area contributed by atoms with E-state index in [9.17, 15) is 19.7 Å². The van der Waals surface area contributed by atoms with Crippen molar-refractivity contribution in [1.82, 2.24) is 15.0 Å². The van der Waals surface area contributed by atoms with E-state index in [0.29, 0.717) is 12.8 Å². The highest BCUT2D eigenvalue weighted by Crippen LogP contribution is 2.36. The van der Waals surface area contributed by atoms with Gasteiger partial charge < -0.3 is 24.1 Å². The number of methoxy groups -OCH3 is 3. The van der Waals surface area contributed by atoms with Crippen LogP contribution in [0.15, 0.2) is 12.1 Å². The summed E-state index contributed by atoms with van der Waals surface area (Å²) in [6, 6.07) is 2.22. The van der Waals surface area contributed by atoms with Crippen LogP contribution in [0.1, 0.15) is 61.5 Å². The van der Waals surface area contributed by atoms with Crippen LogP contribution >= 0.6 is 0 Å². The lowest BCUT2D eigenvalue weighted by molar-refractivity contribution is -0.385. The molecule has 1 unspecified atom stereocenters. The summed E-state index contributed by atoms with van der Waals surface area (Å²) in [5.74, 6) is -0.729. The summed E-state index contributed by atoms with van der Waals surface area (Å²) in [7, 11) is 4.07. The predicted molar refractivity (Wildman–Crippen MR) is 113 cm³/mol. The first-order valence-electron chi connectivity index (χ1n) is 9.96. The molecule has 1 aromatic heterocycles. The number of nitro benzene ring substituents is 1. The number of aromatic nitrogens is 3. The van der Waals surface area contributed by atoms with E-state index in [1.807, 2.05) is 13.8 Å². The molecule has 2 rings (SSSR count). The van der Waals surface area contributed by atoms with E-state index in [1.54, 1.807) is 0 Å². The minimum Gasteiger partial charge on any atom is -0.493 e. The smallest absolute Gasteiger partial charge is 0.493 e. The van der Waals surface area contributed by atoms with Crippen LogP contribution in [0.3, 0.4) is 0 Å². The third kappa shape index (κ3) is 4.87. The van der Waals surface area contributed by atoms with Crippen molar-refractivity contribution in [2.75, 3.05) is 21.3 Å². The van der Waals surface area contributed by atoms with Crippen molar-refractivity contribution in [2.24, 2.45) is 0 Å². The molecule has 0 fully saturated rings. The van der Waals surface area contributed by atoms with Gasteiger partial charge in [-0.2, -0.15) is 9.90 Å². The topological polar surface area (TPSA) is 165 Å². The van der Waals surface area contributed by atoms with Crippen molar-refractivity contribution in [3.8, 4) is 11.5 Å². The predicted octanol–water partition coefficient (Wildman–Crippen LogP) is 3.31. The third-order valence-electron chi connectivity index (χ3n) is 5.31. The Balaban J connectivity index is 2.78. The Morgan fingerprint density at radius 2 is 1.73 bits per heavy atom. The number of hydrogen-bond acceptors (Lipinski definition) is 10. The molecule has 0 bridgehead atoms. The molecule has 0 amide bonds. The van der Waals surface area contributed by atoms with Crippen molar-refractivity contribution in [1.29, 1.82) is 0 Å². The van der Waals surface area contributed by atoms with Crippen LogP contribution in [0.4, 0.5) is 10.5 Å². The van der Waals surface area contributed by atoms with Gasteiger partial charge in [0.05, 0.1) is 25.2 Å². The summed E-state index contributed by atoms with van der Waals surface area (Å²) >= 11 is 0. The quantitative estimate of drug-likeness (QED) is 0.223. The molecule has 1 heterocycles. The maximum atomic E-state index is 13.5. The molecule has 13 nitrogen and oxygen atoms in total. The van der Waals surface area contributed by atoms with E-state index in [4.69, 9.17) is 24.1 Å². The highest BCUT2D eigenvalue weighted by atomic mass is 16.7. The highest BCUT2D eigenvalue weighted by Gasteiger charge is 2.37. The zero-order chi connectivity index (χ0) is 24.9. The summed E-state index contributed by atoms with van der Waals surface area (Å²) < 4.78 is 20.6. The lowest BCUT2D eigenvalue weighted by atomic mass is 10.0. The normalized spacial score (nSPS) is 12.2. The summed E-state index contributed by atoms with van der Waals surface area (Å²) in [6.45, 7) is 5.02. The molecule has 1 aromatic carbocycles. The molecule has 0 aliphatic carbocycles. The number of rotatable bonds is 11. The largest absolute Gasteiger partial charge is 0.506 e. The fraction of sp³-hybridized carbons (Fsp3) is 0.500. The van der Waals surface area contributed by atoms with E-state index in [-0.39, 0.29) is 28.5 Å². The van der Waals surface area contributed by atoms with Crippen LogP contribution in [0, 0.1) is 10.1 Å². The molecular formula is C20H26N4O9. The minimum atomic E-state index is -1.59. The van der Waals surface area contributed by atoms with E-state index in [0.717, 1.165) is 12.1 Å². The van der Waals surface area contributed by atoms with Gasteiger partial charge in [-0.1, -0.05) is 13.8 Å². The number of carbonyl (C=O) groups is 2. The number of nitro groups is 1. The maximum absolute atomic E-state index is 13.5. The standard InChI is InChI=1S/C20H26N4O9/c1-7-20(8-2,32-6)24-21-16(11(3)33-19(26)27)17(22-24)18(25)12-9-14(30-4)15(31-5)10-13(12)23(28)29/h9-11H,7-8H2,1-6H3,(H,26,27). The molecule has 33 heavy (non-hydrogen) atoms. The fourth-order valence-electron chi connectivity index (χ4n) is 3.37. The Bertz CT molecular complexity index is 1040. The van der Waals surface area contributed by atoms with Gasteiger partial charge in [0.25, 0.3) is 5.69 Å². The fourth-order valence-corrected chi connectivity index (χ4v) is 3.37. The Hall–Kier alpha value is -3.74. The van der Waals surface area contributed by atoms with Crippen LogP contribution in [0.2, 0.25) is 0 Å². The Morgan fingerprint density at radius 1 is 1.15 bits per heavy atom. The summed E-state index contributed by atoms with van der Waals surface area (Å²) in [6.07, 6.45) is -1.94. The molecule has 0 saturated heterocycles. The molecule has 1 N–H and O–H groups in total. The lowest BCUT2D eigenvalue weighted by Crippen LogP contribution is -2.36. The van der Waals surface area contributed by atoms with Crippen LogP contribution in [-0.2, 0) is 15.2 Å². The summed E-state index contributed by atoms with van der Waals surface area (Å²) in [4.78, 5) is 36.7. The molecule has 180 valence electrons. The number of carboxylic acid groups (broad SMARTS) is 1. The molecule has 13 heteroatoms. The van der Waals surface area contributed by atoms with Gasteiger partial charge in [-0.3, -0.25) is 14.9 Å². The van der Waals surface area contributed by atoms with Gasteiger partial charge in [-0.15, -0.1) is 5.10 Å². The molecule has 0 aliphatic rings. The van der Waals surface area contributed by atoms with Crippen LogP contribution < -0.4 is 9.47 Å². The number of nitrogens with zero attached hydrogens (tertiary/aromatic N) is 4. The third-order valence-corrected chi connectivity index (χ3v) is 5.31. The number of hydrogen-bond donors (Lipinski definition) is 1. The molecule has 1 atom stereocenters. The Morgan fingerprint density at radius 3 is 2.18 bits per heavy atom. The van der Waals surface area contributed by atoms with Crippen molar-refractivity contribution in [2.45, 2.75) is 45.4 Å². The van der Waals surface area contributed by atoms with Crippen LogP contribution in [0.5, 0.6) is 11.5 Å². The molecule has 0 saturated carbocycles. The zero-order valence-electron chi connectivity index (χ0n) is 19.1. The molecule has 2 aromatic rings.